The van der Waals surface area contributed by atoms with E-state index in [-0.39, 0.29) is 0 Å². The van der Waals surface area contributed by atoms with Gasteiger partial charge in [0.05, 0.1) is 12.2 Å². The SMILES string of the molecule is COC1CCCC2CCCC(OC)C21. The van der Waals surface area contributed by atoms with Gasteiger partial charge < -0.3 is 9.47 Å². The van der Waals surface area contributed by atoms with Crippen LogP contribution in [0.5, 0.6) is 0 Å². The van der Waals surface area contributed by atoms with Crippen LogP contribution in [-0.2, 0) is 9.47 Å². The van der Waals surface area contributed by atoms with E-state index in [1.165, 1.54) is 38.5 Å². The van der Waals surface area contributed by atoms with E-state index in [1.807, 2.05) is 14.2 Å². The Hall–Kier alpha value is -0.0800. The summed E-state index contributed by atoms with van der Waals surface area (Å²) < 4.78 is 11.2. The summed E-state index contributed by atoms with van der Waals surface area (Å²) in [6.45, 7) is 0. The lowest BCUT2D eigenvalue weighted by Gasteiger charge is -2.44. The van der Waals surface area contributed by atoms with E-state index < -0.39 is 0 Å². The number of hydrogen-bond donors (Lipinski definition) is 0. The highest BCUT2D eigenvalue weighted by Gasteiger charge is 2.41. The van der Waals surface area contributed by atoms with Crippen LogP contribution in [-0.4, -0.2) is 26.4 Å². The molecule has 0 aliphatic heterocycles. The van der Waals surface area contributed by atoms with E-state index in [4.69, 9.17) is 9.47 Å². The lowest BCUT2D eigenvalue weighted by atomic mass is 9.68. The van der Waals surface area contributed by atoms with Crippen LogP contribution in [0.25, 0.3) is 0 Å². The van der Waals surface area contributed by atoms with E-state index in [2.05, 4.69) is 0 Å². The molecule has 0 spiro atoms. The molecule has 2 nitrogen and oxygen atoms in total. The van der Waals surface area contributed by atoms with Crippen LogP contribution in [0.15, 0.2) is 0 Å². The Morgan fingerprint density at radius 2 is 1.29 bits per heavy atom. The highest BCUT2D eigenvalue weighted by Crippen LogP contribution is 2.42. The maximum atomic E-state index is 5.61. The molecule has 2 aliphatic rings. The van der Waals surface area contributed by atoms with Crippen LogP contribution >= 0.6 is 0 Å². The number of methoxy groups -OCH3 is 2. The highest BCUT2D eigenvalue weighted by atomic mass is 16.5. The van der Waals surface area contributed by atoms with Crippen molar-refractivity contribution in [3.8, 4) is 0 Å². The molecular weight excluding hydrogens is 176 g/mol. The minimum absolute atomic E-state index is 0.457. The van der Waals surface area contributed by atoms with Crippen molar-refractivity contribution < 1.29 is 9.47 Å². The summed E-state index contributed by atoms with van der Waals surface area (Å²) >= 11 is 0. The molecule has 2 fully saturated rings. The molecule has 0 heterocycles. The fraction of sp³-hybridized carbons (Fsp3) is 1.00. The number of ether oxygens (including phenoxy) is 2. The molecule has 2 rings (SSSR count). The largest absolute Gasteiger partial charge is 0.381 e. The van der Waals surface area contributed by atoms with Crippen LogP contribution in [0.2, 0.25) is 0 Å². The third-order valence-electron chi connectivity index (χ3n) is 4.14. The summed E-state index contributed by atoms with van der Waals surface area (Å²) in [5, 5.41) is 0. The summed E-state index contributed by atoms with van der Waals surface area (Å²) in [6, 6.07) is 0. The van der Waals surface area contributed by atoms with Gasteiger partial charge in [0.15, 0.2) is 0 Å². The van der Waals surface area contributed by atoms with E-state index >= 15 is 0 Å². The second-order valence-electron chi connectivity index (χ2n) is 4.75. The fourth-order valence-corrected chi connectivity index (χ4v) is 3.47. The average molecular weight is 198 g/mol. The maximum Gasteiger partial charge on any atom is 0.0626 e. The molecule has 2 heteroatoms. The molecule has 0 aromatic carbocycles. The van der Waals surface area contributed by atoms with Crippen molar-refractivity contribution in [2.75, 3.05) is 14.2 Å². The zero-order valence-corrected chi connectivity index (χ0v) is 9.37. The van der Waals surface area contributed by atoms with E-state index in [0.29, 0.717) is 18.1 Å². The van der Waals surface area contributed by atoms with Crippen molar-refractivity contribution in [3.63, 3.8) is 0 Å². The standard InChI is InChI=1S/C12H22O2/c1-13-10-7-3-5-9-6-4-8-11(14-2)12(9)10/h9-12H,3-8H2,1-2H3. The second-order valence-corrected chi connectivity index (χ2v) is 4.75. The first-order chi connectivity index (χ1) is 6.86. The molecule has 2 unspecified atom stereocenters. The molecule has 2 atom stereocenters. The molecule has 0 saturated heterocycles. The minimum Gasteiger partial charge on any atom is -0.381 e. The Kier molecular flexibility index (Phi) is 3.45. The summed E-state index contributed by atoms with van der Waals surface area (Å²) in [6.07, 6.45) is 8.86. The second kappa shape index (κ2) is 4.63. The molecule has 2 saturated carbocycles. The van der Waals surface area contributed by atoms with Gasteiger partial charge in [-0.25, -0.2) is 0 Å². The summed E-state index contributed by atoms with van der Waals surface area (Å²) in [5.74, 6) is 1.54. The Morgan fingerprint density at radius 3 is 1.71 bits per heavy atom. The van der Waals surface area contributed by atoms with Gasteiger partial charge >= 0.3 is 0 Å². The van der Waals surface area contributed by atoms with Gasteiger partial charge in [0.2, 0.25) is 0 Å². The summed E-state index contributed by atoms with van der Waals surface area (Å²) in [4.78, 5) is 0. The molecule has 0 radical (unpaired) electrons. The van der Waals surface area contributed by atoms with E-state index in [0.717, 1.165) is 5.92 Å². The molecule has 14 heavy (non-hydrogen) atoms. The smallest absolute Gasteiger partial charge is 0.0626 e. The van der Waals surface area contributed by atoms with Crippen LogP contribution in [0.1, 0.15) is 38.5 Å². The quantitative estimate of drug-likeness (QED) is 0.679. The zero-order valence-electron chi connectivity index (χ0n) is 9.37. The topological polar surface area (TPSA) is 18.5 Å². The highest BCUT2D eigenvalue weighted by molar-refractivity contribution is 4.91. The van der Waals surface area contributed by atoms with Crippen molar-refractivity contribution in [3.05, 3.63) is 0 Å². The average Bonchev–Trinajstić information content (AvgIpc) is 2.27. The van der Waals surface area contributed by atoms with Crippen molar-refractivity contribution in [1.82, 2.24) is 0 Å². The van der Waals surface area contributed by atoms with Crippen molar-refractivity contribution in [2.24, 2.45) is 11.8 Å². The fourth-order valence-electron chi connectivity index (χ4n) is 3.47. The number of fused-ring (bicyclic) bond motifs is 1. The Labute approximate surface area is 87.0 Å². The van der Waals surface area contributed by atoms with Crippen LogP contribution in [0.3, 0.4) is 0 Å². The Morgan fingerprint density at radius 1 is 0.786 bits per heavy atom. The van der Waals surface area contributed by atoms with Crippen LogP contribution in [0.4, 0.5) is 0 Å². The van der Waals surface area contributed by atoms with Crippen molar-refractivity contribution in [2.45, 2.75) is 50.7 Å². The first kappa shape index (κ1) is 10.4. The van der Waals surface area contributed by atoms with Gasteiger partial charge in [0.1, 0.15) is 0 Å². The van der Waals surface area contributed by atoms with Gasteiger partial charge in [0, 0.05) is 20.1 Å². The van der Waals surface area contributed by atoms with Gasteiger partial charge in [0.25, 0.3) is 0 Å². The van der Waals surface area contributed by atoms with Gasteiger partial charge in [-0.1, -0.05) is 12.8 Å². The summed E-state index contributed by atoms with van der Waals surface area (Å²) in [7, 11) is 3.71. The predicted molar refractivity (Wildman–Crippen MR) is 56.3 cm³/mol. The molecule has 0 amide bonds. The van der Waals surface area contributed by atoms with Crippen LogP contribution < -0.4 is 0 Å². The minimum atomic E-state index is 0.457. The van der Waals surface area contributed by atoms with E-state index in [1.54, 1.807) is 0 Å². The molecular formula is C12H22O2. The molecule has 0 aromatic heterocycles. The summed E-state index contributed by atoms with van der Waals surface area (Å²) in [5.41, 5.74) is 0. The van der Waals surface area contributed by atoms with Gasteiger partial charge in [-0.05, 0) is 31.6 Å². The normalized spacial score (nSPS) is 43.3. The Balaban J connectivity index is 2.08. The first-order valence-corrected chi connectivity index (χ1v) is 5.92. The molecule has 2 aliphatic carbocycles. The van der Waals surface area contributed by atoms with Gasteiger partial charge in [-0.2, -0.15) is 0 Å². The molecule has 0 N–H and O–H groups in total. The number of rotatable bonds is 2. The van der Waals surface area contributed by atoms with Crippen molar-refractivity contribution in [1.29, 1.82) is 0 Å². The molecule has 82 valence electrons. The predicted octanol–water partition coefficient (Wildman–Crippen LogP) is 2.62. The lowest BCUT2D eigenvalue weighted by Crippen LogP contribution is -2.44. The van der Waals surface area contributed by atoms with Crippen molar-refractivity contribution >= 4 is 0 Å². The number of hydrogen-bond acceptors (Lipinski definition) is 2. The monoisotopic (exact) mass is 198 g/mol. The van der Waals surface area contributed by atoms with E-state index in [9.17, 15) is 0 Å². The van der Waals surface area contributed by atoms with Gasteiger partial charge in [-0.15, -0.1) is 0 Å². The first-order valence-electron chi connectivity index (χ1n) is 5.92. The lowest BCUT2D eigenvalue weighted by molar-refractivity contribution is -0.0975. The molecule has 0 aromatic rings. The zero-order chi connectivity index (χ0) is 9.97. The van der Waals surface area contributed by atoms with Gasteiger partial charge in [-0.3, -0.25) is 0 Å². The third-order valence-corrected chi connectivity index (χ3v) is 4.14. The Bertz CT molecular complexity index is 152. The molecule has 0 bridgehead atoms. The third kappa shape index (κ3) is 1.82. The maximum absolute atomic E-state index is 5.61. The van der Waals surface area contributed by atoms with Crippen LogP contribution in [0, 0.1) is 11.8 Å².